The summed E-state index contributed by atoms with van der Waals surface area (Å²) in [7, 11) is 0. The molecule has 8 atom stereocenters. The molecule has 12 heteroatoms. The van der Waals surface area contributed by atoms with Crippen molar-refractivity contribution in [2.45, 2.75) is 83.0 Å². The number of aromatic hydroxyl groups is 1. The summed E-state index contributed by atoms with van der Waals surface area (Å²) >= 11 is 0. The minimum Gasteiger partial charge on any atom is -0.508 e. The van der Waals surface area contributed by atoms with Crippen molar-refractivity contribution >= 4 is 40.3 Å². The van der Waals surface area contributed by atoms with Gasteiger partial charge < -0.3 is 35.5 Å². The summed E-state index contributed by atoms with van der Waals surface area (Å²) in [4.78, 5) is 65.6. The number of hydrogen-bond acceptors (Lipinski definition) is 9. The molecule has 1 amide bonds. The van der Waals surface area contributed by atoms with Gasteiger partial charge in [-0.15, -0.1) is 0 Å². The van der Waals surface area contributed by atoms with Crippen molar-refractivity contribution in [1.82, 2.24) is 10.3 Å². The highest BCUT2D eigenvalue weighted by Gasteiger charge is 2.68. The fourth-order valence-electron chi connectivity index (χ4n) is 9.36. The van der Waals surface area contributed by atoms with Crippen LogP contribution in [-0.4, -0.2) is 79.2 Å². The lowest BCUT2D eigenvalue weighted by molar-refractivity contribution is -0.181. The number of amides is 1. The van der Waals surface area contributed by atoms with E-state index >= 15 is 0 Å². The molecule has 12 nitrogen and oxygen atoms in total. The zero-order valence-corrected chi connectivity index (χ0v) is 27.0. The van der Waals surface area contributed by atoms with E-state index in [0.29, 0.717) is 29.3 Å². The molecule has 6 rings (SSSR count). The summed E-state index contributed by atoms with van der Waals surface area (Å²) in [5, 5.41) is 45.9. The molecule has 1 aromatic carbocycles. The van der Waals surface area contributed by atoms with Crippen molar-refractivity contribution < 1.29 is 49.1 Å². The number of aromatic amines is 1. The molecule has 1 aromatic heterocycles. The third kappa shape index (κ3) is 5.64. The lowest BCUT2D eigenvalue weighted by Crippen LogP contribution is -2.61. The number of aliphatic carboxylic acids is 1. The quantitative estimate of drug-likeness (QED) is 0.205. The van der Waals surface area contributed by atoms with E-state index in [1.54, 1.807) is 24.4 Å². The van der Waals surface area contributed by atoms with Gasteiger partial charge in [-0.2, -0.15) is 0 Å². The molecular formula is C36H42N2O10. The van der Waals surface area contributed by atoms with Gasteiger partial charge in [0.1, 0.15) is 17.4 Å². The van der Waals surface area contributed by atoms with Gasteiger partial charge in [-0.3, -0.25) is 19.2 Å². The van der Waals surface area contributed by atoms with Crippen molar-refractivity contribution in [3.63, 3.8) is 0 Å². The standard InChI is InChI=1S/C36H42N2O10/c1-34-11-9-22(40)14-20(34)3-5-23-25-10-12-36(47,35(25,2)16-28(41)32(23)34)29(42)18-48-31(44)8-7-30(43)38-27(33(45)46)13-19-17-37-26-6-4-21(39)15-24(19)26/h4,6,9,11,14-15,17,23,25,27-28,32,37,39,41,47H,3,5,7-8,10,12-13,16,18H2,1-2H3,(H,38,43)(H,45,46)/t23-,25-,27-,28-,32+,34-,35-,36-/m0/s1. The number of allylic oxidation sites excluding steroid dienone is 4. The second-order valence-electron chi connectivity index (χ2n) is 14.4. The zero-order chi connectivity index (χ0) is 34.6. The van der Waals surface area contributed by atoms with Crippen LogP contribution >= 0.6 is 0 Å². The number of aliphatic hydroxyl groups is 2. The molecule has 48 heavy (non-hydrogen) atoms. The number of rotatable bonds is 10. The van der Waals surface area contributed by atoms with Crippen LogP contribution in [0.3, 0.4) is 0 Å². The van der Waals surface area contributed by atoms with E-state index in [2.05, 4.69) is 17.2 Å². The van der Waals surface area contributed by atoms with Crippen LogP contribution in [0.4, 0.5) is 0 Å². The van der Waals surface area contributed by atoms with Crippen molar-refractivity contribution in [2.75, 3.05) is 6.61 Å². The molecule has 0 spiro atoms. The van der Waals surface area contributed by atoms with Gasteiger partial charge in [0.2, 0.25) is 11.7 Å². The summed E-state index contributed by atoms with van der Waals surface area (Å²) in [6.07, 6.45) is 7.43. The fraction of sp³-hybridized carbons (Fsp3) is 0.528. The number of Topliss-reactive ketones (excluding diaryl/α,β-unsaturated/α-hetero) is 1. The summed E-state index contributed by atoms with van der Waals surface area (Å²) in [6, 6.07) is 3.35. The van der Waals surface area contributed by atoms with Gasteiger partial charge in [0.25, 0.3) is 0 Å². The van der Waals surface area contributed by atoms with Gasteiger partial charge in [0.05, 0.1) is 12.5 Å². The third-order valence-electron chi connectivity index (χ3n) is 11.8. The number of esters is 1. The third-order valence-corrected chi connectivity index (χ3v) is 11.8. The molecular weight excluding hydrogens is 620 g/mol. The van der Waals surface area contributed by atoms with Gasteiger partial charge in [-0.25, -0.2) is 4.79 Å². The number of carboxylic acids is 1. The molecule has 0 unspecified atom stereocenters. The van der Waals surface area contributed by atoms with E-state index < -0.39 is 65.2 Å². The summed E-state index contributed by atoms with van der Waals surface area (Å²) < 4.78 is 5.20. The largest absolute Gasteiger partial charge is 0.508 e. The topological polar surface area (TPSA) is 203 Å². The molecule has 2 aromatic rings. The maximum atomic E-state index is 13.5. The Morgan fingerprint density at radius 2 is 1.92 bits per heavy atom. The number of phenols is 1. The first kappa shape index (κ1) is 33.6. The molecule has 4 aliphatic rings. The molecule has 3 fully saturated rings. The molecule has 4 aliphatic carbocycles. The average molecular weight is 663 g/mol. The van der Waals surface area contributed by atoms with Crippen LogP contribution in [0.5, 0.6) is 5.75 Å². The maximum Gasteiger partial charge on any atom is 0.326 e. The first-order valence-corrected chi connectivity index (χ1v) is 16.5. The van der Waals surface area contributed by atoms with E-state index in [1.807, 2.05) is 13.0 Å². The van der Waals surface area contributed by atoms with Crippen LogP contribution in [0, 0.1) is 28.6 Å². The Labute approximate surface area is 277 Å². The van der Waals surface area contributed by atoms with Crippen molar-refractivity contribution in [3.8, 4) is 5.75 Å². The monoisotopic (exact) mass is 662 g/mol. The molecule has 3 saturated carbocycles. The predicted octanol–water partition coefficient (Wildman–Crippen LogP) is 2.89. The molecule has 1 heterocycles. The number of carbonyl (C=O) groups excluding carboxylic acids is 4. The highest BCUT2D eigenvalue weighted by Crippen LogP contribution is 2.67. The number of carbonyl (C=O) groups is 5. The second kappa shape index (κ2) is 12.3. The van der Waals surface area contributed by atoms with E-state index in [0.717, 1.165) is 12.0 Å². The van der Waals surface area contributed by atoms with Crippen LogP contribution < -0.4 is 5.32 Å². The number of hydrogen-bond donors (Lipinski definition) is 6. The van der Waals surface area contributed by atoms with Gasteiger partial charge in [0, 0.05) is 46.7 Å². The smallest absolute Gasteiger partial charge is 0.326 e. The van der Waals surface area contributed by atoms with Crippen molar-refractivity contribution in [1.29, 1.82) is 0 Å². The fourth-order valence-corrected chi connectivity index (χ4v) is 9.36. The summed E-state index contributed by atoms with van der Waals surface area (Å²) in [5.41, 5.74) is -0.952. The molecule has 0 bridgehead atoms. The number of ketones is 2. The number of benzene rings is 1. The van der Waals surface area contributed by atoms with E-state index in [-0.39, 0.29) is 55.0 Å². The van der Waals surface area contributed by atoms with Gasteiger partial charge in [-0.1, -0.05) is 25.5 Å². The SMILES string of the molecule is C[C@]12C=CC(=O)C=C1CC[C@@H]1[C@@H]2[C@@H](O)C[C@@]2(C)[C@H]1CC[C@]2(O)C(=O)COC(=O)CCC(=O)N[C@@H](Cc1c[nH]c2ccc(O)cc12)C(=O)O. The first-order valence-electron chi connectivity index (χ1n) is 16.5. The normalized spacial score (nSPS) is 32.8. The number of nitrogens with one attached hydrogen (secondary N) is 2. The van der Waals surface area contributed by atoms with Crippen LogP contribution in [0.15, 0.2) is 48.2 Å². The lowest BCUT2D eigenvalue weighted by atomic mass is 9.46. The minimum atomic E-state index is -1.81. The first-order chi connectivity index (χ1) is 22.7. The van der Waals surface area contributed by atoms with E-state index in [4.69, 9.17) is 4.74 Å². The molecule has 0 aliphatic heterocycles. The van der Waals surface area contributed by atoms with Crippen LogP contribution in [0.1, 0.15) is 64.4 Å². The Balaban J connectivity index is 1.03. The highest BCUT2D eigenvalue weighted by molar-refractivity contribution is 6.01. The zero-order valence-electron chi connectivity index (χ0n) is 27.0. The van der Waals surface area contributed by atoms with Gasteiger partial charge >= 0.3 is 11.9 Å². The molecule has 0 saturated heterocycles. The number of aliphatic hydroxyl groups excluding tert-OH is 1. The van der Waals surface area contributed by atoms with Crippen molar-refractivity contribution in [2.24, 2.45) is 28.6 Å². The molecule has 256 valence electrons. The van der Waals surface area contributed by atoms with Crippen LogP contribution in [-0.2, 0) is 35.1 Å². The predicted molar refractivity (Wildman–Crippen MR) is 171 cm³/mol. The Morgan fingerprint density at radius 3 is 2.67 bits per heavy atom. The van der Waals surface area contributed by atoms with E-state index in [9.17, 15) is 44.4 Å². The Bertz CT molecular complexity index is 1740. The van der Waals surface area contributed by atoms with Crippen molar-refractivity contribution in [3.05, 3.63) is 53.8 Å². The second-order valence-corrected chi connectivity index (χ2v) is 14.4. The Kier molecular flexibility index (Phi) is 8.61. The highest BCUT2D eigenvalue weighted by atomic mass is 16.5. The minimum absolute atomic E-state index is 0.0153. The molecule has 0 radical (unpaired) electrons. The summed E-state index contributed by atoms with van der Waals surface area (Å²) in [6.45, 7) is 3.19. The number of phenolic OH excluding ortho intramolecular Hbond substituents is 1. The lowest BCUT2D eigenvalue weighted by Gasteiger charge is -2.59. The molecule has 6 N–H and O–H groups in total. The average Bonchev–Trinajstić information content (AvgIpc) is 3.55. The number of carboxylic acid groups (broad SMARTS) is 1. The van der Waals surface area contributed by atoms with E-state index in [1.165, 1.54) is 12.1 Å². The maximum absolute atomic E-state index is 13.5. The number of H-pyrrole nitrogens is 1. The van der Waals surface area contributed by atoms with Gasteiger partial charge in [0.15, 0.2) is 12.4 Å². The summed E-state index contributed by atoms with van der Waals surface area (Å²) in [5.74, 6) is -3.69. The number of ether oxygens (including phenoxy) is 1. The van der Waals surface area contributed by atoms with Crippen LogP contribution in [0.2, 0.25) is 0 Å². The number of fused-ring (bicyclic) bond motifs is 6. The Morgan fingerprint density at radius 1 is 1.15 bits per heavy atom. The number of aromatic nitrogens is 1. The van der Waals surface area contributed by atoms with Gasteiger partial charge in [-0.05, 0) is 79.9 Å². The Hall–Kier alpha value is -4.29. The van der Waals surface area contributed by atoms with Crippen LogP contribution in [0.25, 0.3) is 10.9 Å².